The molecule has 0 saturated carbocycles. The smallest absolute Gasteiger partial charge is 0.154 e. The Morgan fingerprint density at radius 3 is 2.83 bits per heavy atom. The van der Waals surface area contributed by atoms with Gasteiger partial charge in [-0.15, -0.1) is 0 Å². The van der Waals surface area contributed by atoms with E-state index in [-0.39, 0.29) is 6.04 Å². The van der Waals surface area contributed by atoms with Gasteiger partial charge in [-0.3, -0.25) is 0 Å². The number of imidazole rings is 1. The quantitative estimate of drug-likeness (QED) is 0.754. The third-order valence-corrected chi connectivity index (χ3v) is 4.05. The van der Waals surface area contributed by atoms with Crippen LogP contribution in [0.1, 0.15) is 25.8 Å². The summed E-state index contributed by atoms with van der Waals surface area (Å²) in [4.78, 5) is 4.39. The molecule has 0 aliphatic rings. The summed E-state index contributed by atoms with van der Waals surface area (Å²) in [7, 11) is 0. The van der Waals surface area contributed by atoms with E-state index in [1.54, 1.807) is 6.20 Å². The molecule has 2 unspecified atom stereocenters. The molecule has 2 heterocycles. The lowest BCUT2D eigenvalue weighted by Gasteiger charge is -2.16. The number of aromatic nitrogens is 3. The van der Waals surface area contributed by atoms with E-state index >= 15 is 0 Å². The largest absolute Gasteiger partial charge is 0.493 e. The van der Waals surface area contributed by atoms with E-state index in [9.17, 15) is 0 Å². The molecule has 0 aliphatic heterocycles. The molecule has 3 aromatic rings. The van der Waals surface area contributed by atoms with Crippen molar-refractivity contribution in [2.24, 2.45) is 11.7 Å². The first-order valence-electron chi connectivity index (χ1n) is 8.32. The zero-order chi connectivity index (χ0) is 17.1. The van der Waals surface area contributed by atoms with Gasteiger partial charge in [0.1, 0.15) is 5.75 Å². The second-order valence-electron chi connectivity index (χ2n) is 6.55. The second-order valence-corrected chi connectivity index (χ2v) is 6.55. The Morgan fingerprint density at radius 1 is 1.25 bits per heavy atom. The van der Waals surface area contributed by atoms with Crippen LogP contribution in [-0.2, 0) is 0 Å². The number of nitrogens with two attached hydrogens (primary N) is 1. The van der Waals surface area contributed by atoms with Crippen LogP contribution in [0.3, 0.4) is 0 Å². The average Bonchev–Trinajstić information content (AvgIpc) is 2.97. The molecular weight excluding hydrogens is 300 g/mol. The summed E-state index contributed by atoms with van der Waals surface area (Å²) in [5, 5.41) is 4.37. The van der Waals surface area contributed by atoms with Gasteiger partial charge in [-0.2, -0.15) is 5.10 Å². The number of hydrogen-bond acceptors (Lipinski definition) is 4. The summed E-state index contributed by atoms with van der Waals surface area (Å²) in [6, 6.07) is 10.2. The molecular formula is C19H24N4O. The van der Waals surface area contributed by atoms with Crippen molar-refractivity contribution in [2.75, 3.05) is 6.61 Å². The number of benzene rings is 1. The van der Waals surface area contributed by atoms with E-state index in [0.717, 1.165) is 34.6 Å². The molecule has 2 aromatic heterocycles. The summed E-state index contributed by atoms with van der Waals surface area (Å²) >= 11 is 0. The summed E-state index contributed by atoms with van der Waals surface area (Å²) in [6.45, 7) is 6.93. The maximum absolute atomic E-state index is 5.97. The van der Waals surface area contributed by atoms with Crippen LogP contribution < -0.4 is 10.5 Å². The maximum atomic E-state index is 5.97. The average molecular weight is 324 g/mol. The molecule has 5 heteroatoms. The van der Waals surface area contributed by atoms with Gasteiger partial charge in [-0.1, -0.05) is 6.92 Å². The Bertz CT molecular complexity index is 825. The second kappa shape index (κ2) is 7.01. The van der Waals surface area contributed by atoms with Crippen LogP contribution in [0.4, 0.5) is 0 Å². The van der Waals surface area contributed by atoms with Crippen molar-refractivity contribution in [1.82, 2.24) is 14.6 Å². The molecule has 2 N–H and O–H groups in total. The Hall–Kier alpha value is -2.40. The molecule has 0 bridgehead atoms. The van der Waals surface area contributed by atoms with E-state index in [2.05, 4.69) is 36.1 Å². The molecule has 3 rings (SSSR count). The summed E-state index contributed by atoms with van der Waals surface area (Å²) in [6.07, 6.45) is 4.58. The number of rotatable bonds is 6. The van der Waals surface area contributed by atoms with Gasteiger partial charge < -0.3 is 10.5 Å². The van der Waals surface area contributed by atoms with E-state index in [1.165, 1.54) is 0 Å². The highest BCUT2D eigenvalue weighted by molar-refractivity contribution is 5.65. The minimum absolute atomic E-state index is 0.203. The Morgan fingerprint density at radius 2 is 2.08 bits per heavy atom. The van der Waals surface area contributed by atoms with E-state index in [4.69, 9.17) is 10.5 Å². The first kappa shape index (κ1) is 16.5. The highest BCUT2D eigenvalue weighted by Gasteiger charge is 2.10. The summed E-state index contributed by atoms with van der Waals surface area (Å²) in [5.41, 5.74) is 9.84. The fourth-order valence-corrected chi connectivity index (χ4v) is 2.93. The fourth-order valence-electron chi connectivity index (χ4n) is 2.93. The predicted molar refractivity (Wildman–Crippen MR) is 96.1 cm³/mol. The molecule has 0 saturated heterocycles. The number of aryl methyl sites for hydroxylation is 1. The highest BCUT2D eigenvalue weighted by atomic mass is 16.5. The van der Waals surface area contributed by atoms with Gasteiger partial charge in [-0.25, -0.2) is 9.50 Å². The van der Waals surface area contributed by atoms with Crippen molar-refractivity contribution in [2.45, 2.75) is 33.2 Å². The van der Waals surface area contributed by atoms with Crippen LogP contribution in [0.2, 0.25) is 0 Å². The van der Waals surface area contributed by atoms with Crippen molar-refractivity contribution >= 4 is 5.65 Å². The Labute approximate surface area is 142 Å². The van der Waals surface area contributed by atoms with Gasteiger partial charge in [0.05, 0.1) is 18.5 Å². The molecule has 0 spiro atoms. The molecule has 24 heavy (non-hydrogen) atoms. The van der Waals surface area contributed by atoms with Gasteiger partial charge >= 0.3 is 0 Å². The third kappa shape index (κ3) is 3.57. The maximum Gasteiger partial charge on any atom is 0.154 e. The first-order chi connectivity index (χ1) is 11.5. The lowest BCUT2D eigenvalue weighted by molar-refractivity contribution is 0.245. The van der Waals surface area contributed by atoms with Crippen molar-refractivity contribution in [3.63, 3.8) is 0 Å². The Balaban J connectivity index is 1.77. The standard InChI is InChI=1S/C19H24N4O/c1-13(9-15(3)20)12-24-18-7-6-16(10-14(18)2)17-11-21-19-5-4-8-22-23(17)19/h4-8,10-11,13,15H,9,12,20H2,1-3H3. The van der Waals surface area contributed by atoms with Gasteiger partial charge in [0.2, 0.25) is 0 Å². The molecule has 0 amide bonds. The van der Waals surface area contributed by atoms with Crippen molar-refractivity contribution in [1.29, 1.82) is 0 Å². The molecule has 0 radical (unpaired) electrons. The minimum atomic E-state index is 0.203. The molecule has 0 aliphatic carbocycles. The van der Waals surface area contributed by atoms with Crippen LogP contribution in [-0.4, -0.2) is 27.2 Å². The normalized spacial score (nSPS) is 13.8. The Kier molecular flexibility index (Phi) is 4.81. The molecule has 0 fully saturated rings. The van der Waals surface area contributed by atoms with E-state index in [0.29, 0.717) is 12.5 Å². The fraction of sp³-hybridized carbons (Fsp3) is 0.368. The van der Waals surface area contributed by atoms with Crippen LogP contribution >= 0.6 is 0 Å². The lowest BCUT2D eigenvalue weighted by Crippen LogP contribution is -2.21. The van der Waals surface area contributed by atoms with Crippen molar-refractivity contribution in [3.8, 4) is 17.0 Å². The third-order valence-electron chi connectivity index (χ3n) is 4.05. The highest BCUT2D eigenvalue weighted by Crippen LogP contribution is 2.27. The zero-order valence-electron chi connectivity index (χ0n) is 14.4. The van der Waals surface area contributed by atoms with Crippen LogP contribution in [0.15, 0.2) is 42.7 Å². The topological polar surface area (TPSA) is 65.4 Å². The zero-order valence-corrected chi connectivity index (χ0v) is 14.4. The molecule has 2 atom stereocenters. The van der Waals surface area contributed by atoms with Crippen molar-refractivity contribution in [3.05, 3.63) is 48.3 Å². The summed E-state index contributed by atoms with van der Waals surface area (Å²) < 4.78 is 7.81. The lowest BCUT2D eigenvalue weighted by atomic mass is 10.0. The minimum Gasteiger partial charge on any atom is -0.493 e. The number of nitrogens with zero attached hydrogens (tertiary/aromatic N) is 3. The number of fused-ring (bicyclic) bond motifs is 1. The SMILES string of the molecule is Cc1cc(-c2cnc3cccnn23)ccc1OCC(C)CC(C)N. The van der Waals surface area contributed by atoms with Crippen LogP contribution in [0, 0.1) is 12.8 Å². The first-order valence-corrected chi connectivity index (χ1v) is 8.32. The van der Waals surface area contributed by atoms with Crippen LogP contribution in [0.5, 0.6) is 5.75 Å². The van der Waals surface area contributed by atoms with Gasteiger partial charge in [0, 0.05) is 17.8 Å². The number of ether oxygens (including phenoxy) is 1. The molecule has 1 aromatic carbocycles. The van der Waals surface area contributed by atoms with Gasteiger partial charge in [0.25, 0.3) is 0 Å². The molecule has 5 nitrogen and oxygen atoms in total. The van der Waals surface area contributed by atoms with Crippen molar-refractivity contribution < 1.29 is 4.74 Å². The monoisotopic (exact) mass is 324 g/mol. The van der Waals surface area contributed by atoms with E-state index in [1.807, 2.05) is 35.8 Å². The van der Waals surface area contributed by atoms with Gasteiger partial charge in [0.15, 0.2) is 5.65 Å². The number of hydrogen-bond donors (Lipinski definition) is 1. The summed E-state index contributed by atoms with van der Waals surface area (Å²) in [5.74, 6) is 1.35. The van der Waals surface area contributed by atoms with E-state index < -0.39 is 0 Å². The van der Waals surface area contributed by atoms with Gasteiger partial charge in [-0.05, 0) is 62.1 Å². The van der Waals surface area contributed by atoms with Crippen LogP contribution in [0.25, 0.3) is 16.9 Å². The predicted octanol–water partition coefficient (Wildman–Crippen LogP) is 3.46. The molecule has 126 valence electrons.